The van der Waals surface area contributed by atoms with Crippen LogP contribution in [-0.2, 0) is 0 Å². The van der Waals surface area contributed by atoms with Crippen LogP contribution in [0.5, 0.6) is 5.75 Å². The molecule has 0 unspecified atom stereocenters. The number of rotatable bonds is 2. The summed E-state index contributed by atoms with van der Waals surface area (Å²) in [5.74, 6) is 0.879. The van der Waals surface area contributed by atoms with Crippen molar-refractivity contribution in [3.63, 3.8) is 0 Å². The number of hydrogen-bond acceptors (Lipinski definition) is 1. The molecule has 15 heavy (non-hydrogen) atoms. The Morgan fingerprint density at radius 3 is 2.73 bits per heavy atom. The standard InChI is InChI=1S/C13H13FO/c14-12-9-5-2-6-10-13(12)15-11-7-3-1-4-8-11/h1,3-5,7-9H,2,6,10H2. The molecule has 0 aromatic heterocycles. The summed E-state index contributed by atoms with van der Waals surface area (Å²) in [6.07, 6.45) is 5.84. The zero-order chi connectivity index (χ0) is 10.5. The topological polar surface area (TPSA) is 9.23 Å². The molecule has 0 heterocycles. The highest BCUT2D eigenvalue weighted by Gasteiger charge is 2.09. The molecule has 0 radical (unpaired) electrons. The Hall–Kier alpha value is -1.57. The Morgan fingerprint density at radius 2 is 1.93 bits per heavy atom. The predicted molar refractivity (Wildman–Crippen MR) is 58.2 cm³/mol. The van der Waals surface area contributed by atoms with Gasteiger partial charge < -0.3 is 4.74 Å². The molecule has 0 bridgehead atoms. The van der Waals surface area contributed by atoms with Crippen molar-refractivity contribution in [1.29, 1.82) is 0 Å². The molecule has 0 saturated heterocycles. The first-order valence-electron chi connectivity index (χ1n) is 5.14. The lowest BCUT2D eigenvalue weighted by Crippen LogP contribution is -1.96. The monoisotopic (exact) mass is 204 g/mol. The molecule has 1 aliphatic rings. The molecule has 0 fully saturated rings. The van der Waals surface area contributed by atoms with Crippen molar-refractivity contribution in [1.82, 2.24) is 0 Å². The molecule has 0 spiro atoms. The van der Waals surface area contributed by atoms with Crippen molar-refractivity contribution < 1.29 is 9.13 Å². The summed E-state index contributed by atoms with van der Waals surface area (Å²) in [7, 11) is 0. The molecule has 0 amide bonds. The molecule has 2 heteroatoms. The van der Waals surface area contributed by atoms with Gasteiger partial charge in [0.25, 0.3) is 0 Å². The van der Waals surface area contributed by atoms with E-state index in [2.05, 4.69) is 0 Å². The minimum atomic E-state index is -0.253. The summed E-state index contributed by atoms with van der Waals surface area (Å²) in [6, 6.07) is 9.31. The maximum absolute atomic E-state index is 13.5. The first-order chi connectivity index (χ1) is 7.36. The van der Waals surface area contributed by atoms with E-state index in [-0.39, 0.29) is 5.83 Å². The summed E-state index contributed by atoms with van der Waals surface area (Å²) in [6.45, 7) is 0. The second-order valence-electron chi connectivity index (χ2n) is 3.48. The normalized spacial score (nSPS) is 16.3. The molecule has 0 aliphatic heterocycles. The number of benzene rings is 1. The lowest BCUT2D eigenvalue weighted by Gasteiger charge is -2.08. The van der Waals surface area contributed by atoms with Gasteiger partial charge in [0.2, 0.25) is 0 Å². The van der Waals surface area contributed by atoms with Crippen LogP contribution in [0.3, 0.4) is 0 Å². The fourth-order valence-corrected chi connectivity index (χ4v) is 1.51. The largest absolute Gasteiger partial charge is 0.459 e. The van der Waals surface area contributed by atoms with E-state index in [1.807, 2.05) is 36.4 Å². The lowest BCUT2D eigenvalue weighted by molar-refractivity contribution is 0.378. The molecule has 78 valence electrons. The van der Waals surface area contributed by atoms with E-state index in [1.165, 1.54) is 6.08 Å². The van der Waals surface area contributed by atoms with Crippen molar-refractivity contribution in [2.45, 2.75) is 19.3 Å². The lowest BCUT2D eigenvalue weighted by atomic mass is 10.2. The molecule has 1 aliphatic carbocycles. The minimum Gasteiger partial charge on any atom is -0.459 e. The minimum absolute atomic E-state index is 0.253. The Kier molecular flexibility index (Phi) is 3.18. The highest BCUT2D eigenvalue weighted by Crippen LogP contribution is 2.23. The van der Waals surface area contributed by atoms with Crippen molar-refractivity contribution in [2.24, 2.45) is 0 Å². The van der Waals surface area contributed by atoms with Gasteiger partial charge in [0, 0.05) is 6.42 Å². The zero-order valence-electron chi connectivity index (χ0n) is 8.45. The Morgan fingerprint density at radius 1 is 1.13 bits per heavy atom. The van der Waals surface area contributed by atoms with Gasteiger partial charge in [-0.2, -0.15) is 0 Å². The average molecular weight is 204 g/mol. The Bertz CT molecular complexity index is 379. The fraction of sp³-hybridized carbons (Fsp3) is 0.231. The molecule has 0 saturated carbocycles. The average Bonchev–Trinajstić information content (AvgIpc) is 2.46. The predicted octanol–water partition coefficient (Wildman–Crippen LogP) is 3.99. The second-order valence-corrected chi connectivity index (χ2v) is 3.48. The van der Waals surface area contributed by atoms with Crippen LogP contribution in [0, 0.1) is 0 Å². The molecule has 0 N–H and O–H groups in total. The Balaban J connectivity index is 2.14. The van der Waals surface area contributed by atoms with Crippen LogP contribution in [0.25, 0.3) is 0 Å². The number of para-hydroxylation sites is 1. The van der Waals surface area contributed by atoms with Gasteiger partial charge in [-0.3, -0.25) is 0 Å². The third kappa shape index (κ3) is 2.69. The van der Waals surface area contributed by atoms with Gasteiger partial charge in [-0.15, -0.1) is 0 Å². The van der Waals surface area contributed by atoms with E-state index in [4.69, 9.17) is 4.74 Å². The van der Waals surface area contributed by atoms with Crippen LogP contribution >= 0.6 is 0 Å². The number of halogens is 1. The van der Waals surface area contributed by atoms with E-state index in [0.717, 1.165) is 12.8 Å². The molecular formula is C13H13FO. The third-order valence-electron chi connectivity index (χ3n) is 2.29. The molecule has 0 atom stereocenters. The first kappa shape index (κ1) is 9.97. The van der Waals surface area contributed by atoms with Crippen LogP contribution in [0.15, 0.2) is 54.1 Å². The van der Waals surface area contributed by atoms with Crippen LogP contribution in [0.4, 0.5) is 4.39 Å². The molecular weight excluding hydrogens is 191 g/mol. The summed E-state index contributed by atoms with van der Waals surface area (Å²) < 4.78 is 19.0. The number of hydrogen-bond donors (Lipinski definition) is 0. The van der Waals surface area contributed by atoms with Gasteiger partial charge in [-0.25, -0.2) is 4.39 Å². The summed E-state index contributed by atoms with van der Waals surface area (Å²) in [5, 5.41) is 0. The third-order valence-corrected chi connectivity index (χ3v) is 2.29. The van der Waals surface area contributed by atoms with Crippen LogP contribution in [0.2, 0.25) is 0 Å². The van der Waals surface area contributed by atoms with Crippen molar-refractivity contribution >= 4 is 0 Å². The molecule has 1 nitrogen and oxygen atoms in total. The summed E-state index contributed by atoms with van der Waals surface area (Å²) in [5.41, 5.74) is 0. The fourth-order valence-electron chi connectivity index (χ4n) is 1.51. The van der Waals surface area contributed by atoms with E-state index in [1.54, 1.807) is 0 Å². The molecule has 1 aromatic carbocycles. The van der Waals surface area contributed by atoms with Crippen molar-refractivity contribution in [2.75, 3.05) is 0 Å². The first-order valence-corrected chi connectivity index (χ1v) is 5.14. The Labute approximate surface area is 88.9 Å². The van der Waals surface area contributed by atoms with E-state index in [9.17, 15) is 4.39 Å². The quantitative estimate of drug-likeness (QED) is 0.707. The van der Waals surface area contributed by atoms with E-state index < -0.39 is 0 Å². The highest BCUT2D eigenvalue weighted by molar-refractivity contribution is 5.26. The van der Waals surface area contributed by atoms with Crippen molar-refractivity contribution in [3.8, 4) is 5.75 Å². The summed E-state index contributed by atoms with van der Waals surface area (Å²) in [4.78, 5) is 0. The summed E-state index contributed by atoms with van der Waals surface area (Å²) >= 11 is 0. The van der Waals surface area contributed by atoms with Gasteiger partial charge >= 0.3 is 0 Å². The van der Waals surface area contributed by atoms with Gasteiger partial charge in [-0.1, -0.05) is 24.3 Å². The number of allylic oxidation sites excluding steroid dienone is 4. The molecule has 1 aromatic rings. The van der Waals surface area contributed by atoms with E-state index >= 15 is 0 Å². The number of ether oxygens (including phenoxy) is 1. The van der Waals surface area contributed by atoms with Crippen LogP contribution in [0.1, 0.15) is 19.3 Å². The van der Waals surface area contributed by atoms with Gasteiger partial charge in [0.15, 0.2) is 5.83 Å². The van der Waals surface area contributed by atoms with Gasteiger partial charge in [0.1, 0.15) is 11.5 Å². The smallest absolute Gasteiger partial charge is 0.161 e. The van der Waals surface area contributed by atoms with Crippen LogP contribution < -0.4 is 4.74 Å². The molecule has 2 rings (SSSR count). The zero-order valence-corrected chi connectivity index (χ0v) is 8.45. The second kappa shape index (κ2) is 4.78. The maximum Gasteiger partial charge on any atom is 0.161 e. The van der Waals surface area contributed by atoms with Crippen molar-refractivity contribution in [3.05, 3.63) is 54.1 Å². The van der Waals surface area contributed by atoms with Gasteiger partial charge in [0.05, 0.1) is 0 Å². The maximum atomic E-state index is 13.5. The van der Waals surface area contributed by atoms with E-state index in [0.29, 0.717) is 17.9 Å². The van der Waals surface area contributed by atoms with Gasteiger partial charge in [-0.05, 0) is 31.1 Å². The highest BCUT2D eigenvalue weighted by atomic mass is 19.1. The SMILES string of the molecule is FC1=C(Oc2ccccc2)CCCC=C1. The van der Waals surface area contributed by atoms with Crippen LogP contribution in [-0.4, -0.2) is 0 Å².